The average molecular weight is 398 g/mol. The molecule has 0 unspecified atom stereocenters. The van der Waals surface area contributed by atoms with E-state index in [-0.39, 0.29) is 5.91 Å². The predicted molar refractivity (Wildman–Crippen MR) is 114 cm³/mol. The topological polar surface area (TPSA) is 54.9 Å². The molecule has 0 spiro atoms. The van der Waals surface area contributed by atoms with E-state index >= 15 is 0 Å². The Morgan fingerprint density at radius 2 is 2.15 bits per heavy atom. The van der Waals surface area contributed by atoms with E-state index in [0.29, 0.717) is 11.7 Å². The number of nitrogens with one attached hydrogen (secondary N) is 1. The third kappa shape index (κ3) is 3.60. The van der Waals surface area contributed by atoms with Crippen LogP contribution in [0.1, 0.15) is 47.8 Å². The van der Waals surface area contributed by atoms with Crippen LogP contribution in [0.25, 0.3) is 10.2 Å². The van der Waals surface area contributed by atoms with Gasteiger partial charge in [0.1, 0.15) is 16.2 Å². The summed E-state index contributed by atoms with van der Waals surface area (Å²) in [5, 5.41) is 5.23. The first-order chi connectivity index (χ1) is 13.0. The van der Waals surface area contributed by atoms with Crippen LogP contribution in [0.2, 0.25) is 0 Å². The average Bonchev–Trinajstić information content (AvgIpc) is 3.22. The van der Waals surface area contributed by atoms with Gasteiger partial charge in [-0.05, 0) is 48.8 Å². The summed E-state index contributed by atoms with van der Waals surface area (Å²) >= 11 is 3.29. The van der Waals surface area contributed by atoms with Crippen molar-refractivity contribution in [2.24, 2.45) is 0 Å². The highest BCUT2D eigenvalue weighted by atomic mass is 32.2. The molecule has 1 aliphatic carbocycles. The number of fused-ring (bicyclic) bond motifs is 3. The SMILES string of the molecule is Cc1cccc(C(C)C)c1NC(=O)CSc1ncnc2sc3c(c12)CCC3. The standard InChI is InChI=1S/C21H23N3OS2/c1-12(2)14-7-4-6-13(3)19(14)24-17(25)10-26-20-18-15-8-5-9-16(15)27-21(18)23-11-22-20/h4,6-7,11-12H,5,8-10H2,1-3H3,(H,24,25). The van der Waals surface area contributed by atoms with Gasteiger partial charge in [0.25, 0.3) is 0 Å². The maximum absolute atomic E-state index is 12.6. The molecule has 1 N–H and O–H groups in total. The number of nitrogens with zero attached hydrogens (tertiary/aromatic N) is 2. The van der Waals surface area contributed by atoms with Crippen molar-refractivity contribution in [1.82, 2.24) is 9.97 Å². The fraction of sp³-hybridized carbons (Fsp3) is 0.381. The molecule has 0 saturated carbocycles. The maximum atomic E-state index is 12.6. The fourth-order valence-corrected chi connectivity index (χ4v) is 5.78. The molecule has 4 nitrogen and oxygen atoms in total. The molecule has 0 aliphatic heterocycles. The van der Waals surface area contributed by atoms with E-state index in [0.717, 1.165) is 33.9 Å². The third-order valence-electron chi connectivity index (χ3n) is 5.00. The van der Waals surface area contributed by atoms with Crippen molar-refractivity contribution >= 4 is 44.9 Å². The number of rotatable bonds is 5. The van der Waals surface area contributed by atoms with Gasteiger partial charge in [0.05, 0.1) is 5.75 Å². The van der Waals surface area contributed by atoms with Gasteiger partial charge in [-0.3, -0.25) is 4.79 Å². The van der Waals surface area contributed by atoms with Crippen LogP contribution in [0.5, 0.6) is 0 Å². The summed E-state index contributed by atoms with van der Waals surface area (Å²) in [6, 6.07) is 6.17. The summed E-state index contributed by atoms with van der Waals surface area (Å²) in [4.78, 5) is 24.1. The minimum atomic E-state index is 0.00911. The highest BCUT2D eigenvalue weighted by Gasteiger charge is 2.22. The number of thiophene rings is 1. The summed E-state index contributed by atoms with van der Waals surface area (Å²) in [7, 11) is 0. The van der Waals surface area contributed by atoms with E-state index in [9.17, 15) is 4.79 Å². The molecule has 0 radical (unpaired) electrons. The zero-order valence-corrected chi connectivity index (χ0v) is 17.5. The van der Waals surface area contributed by atoms with Crippen molar-refractivity contribution in [2.45, 2.75) is 51.0 Å². The second-order valence-electron chi connectivity index (χ2n) is 7.25. The molecule has 0 saturated heterocycles. The molecule has 2 heterocycles. The lowest BCUT2D eigenvalue weighted by Gasteiger charge is -2.16. The number of para-hydroxylation sites is 1. The minimum Gasteiger partial charge on any atom is -0.325 e. The van der Waals surface area contributed by atoms with Gasteiger partial charge in [-0.1, -0.05) is 43.8 Å². The summed E-state index contributed by atoms with van der Waals surface area (Å²) in [6.45, 7) is 6.33. The molecule has 1 aliphatic rings. The zero-order chi connectivity index (χ0) is 19.0. The monoisotopic (exact) mass is 397 g/mol. The van der Waals surface area contributed by atoms with Crippen molar-refractivity contribution in [2.75, 3.05) is 11.1 Å². The lowest BCUT2D eigenvalue weighted by atomic mass is 9.98. The van der Waals surface area contributed by atoms with Crippen LogP contribution >= 0.6 is 23.1 Å². The number of carbonyl (C=O) groups excluding carboxylic acids is 1. The van der Waals surface area contributed by atoms with E-state index < -0.39 is 0 Å². The first-order valence-corrected chi connectivity index (χ1v) is 11.1. The Morgan fingerprint density at radius 3 is 2.96 bits per heavy atom. The predicted octanol–water partition coefficient (Wildman–Crippen LogP) is 5.34. The molecule has 6 heteroatoms. The van der Waals surface area contributed by atoms with Crippen molar-refractivity contribution in [3.63, 3.8) is 0 Å². The van der Waals surface area contributed by atoms with Crippen LogP contribution in [0.3, 0.4) is 0 Å². The van der Waals surface area contributed by atoms with E-state index in [2.05, 4.69) is 35.2 Å². The van der Waals surface area contributed by atoms with Crippen molar-refractivity contribution in [3.05, 3.63) is 46.1 Å². The van der Waals surface area contributed by atoms with Crippen LogP contribution in [0.4, 0.5) is 5.69 Å². The molecular formula is C21H23N3OS2. The number of hydrogen-bond acceptors (Lipinski definition) is 5. The minimum absolute atomic E-state index is 0.00911. The van der Waals surface area contributed by atoms with Crippen molar-refractivity contribution < 1.29 is 4.79 Å². The second-order valence-corrected chi connectivity index (χ2v) is 9.29. The summed E-state index contributed by atoms with van der Waals surface area (Å²) in [6.07, 6.45) is 5.07. The Hall–Kier alpha value is -1.92. The number of amides is 1. The van der Waals surface area contributed by atoms with Gasteiger partial charge in [0, 0.05) is 16.0 Å². The lowest BCUT2D eigenvalue weighted by molar-refractivity contribution is -0.113. The zero-order valence-electron chi connectivity index (χ0n) is 15.8. The number of hydrogen-bond donors (Lipinski definition) is 1. The van der Waals surface area contributed by atoms with E-state index in [1.807, 2.05) is 19.1 Å². The first-order valence-electron chi connectivity index (χ1n) is 9.32. The van der Waals surface area contributed by atoms with Gasteiger partial charge in [0.2, 0.25) is 5.91 Å². The first kappa shape index (κ1) is 18.4. The molecule has 140 valence electrons. The number of aromatic nitrogens is 2. The van der Waals surface area contributed by atoms with Gasteiger partial charge in [0.15, 0.2) is 0 Å². The summed E-state index contributed by atoms with van der Waals surface area (Å²) in [5.41, 5.74) is 4.62. The Morgan fingerprint density at radius 1 is 1.30 bits per heavy atom. The molecule has 4 rings (SSSR count). The third-order valence-corrected chi connectivity index (χ3v) is 7.19. The Balaban J connectivity index is 1.52. The summed E-state index contributed by atoms with van der Waals surface area (Å²) < 4.78 is 0. The summed E-state index contributed by atoms with van der Waals surface area (Å²) in [5.74, 6) is 0.723. The Labute approximate surface area is 167 Å². The lowest BCUT2D eigenvalue weighted by Crippen LogP contribution is -2.16. The van der Waals surface area contributed by atoms with Gasteiger partial charge in [-0.25, -0.2) is 9.97 Å². The number of aryl methyl sites for hydroxylation is 3. The van der Waals surface area contributed by atoms with E-state index in [1.165, 1.54) is 39.6 Å². The van der Waals surface area contributed by atoms with E-state index in [1.54, 1.807) is 17.7 Å². The molecule has 0 bridgehead atoms. The van der Waals surface area contributed by atoms with Crippen molar-refractivity contribution in [1.29, 1.82) is 0 Å². The largest absolute Gasteiger partial charge is 0.325 e. The molecule has 27 heavy (non-hydrogen) atoms. The van der Waals surface area contributed by atoms with Crippen LogP contribution in [-0.4, -0.2) is 21.6 Å². The Kier molecular flexibility index (Phi) is 5.19. The molecule has 0 fully saturated rings. The van der Waals surface area contributed by atoms with Gasteiger partial charge in [-0.15, -0.1) is 11.3 Å². The quantitative estimate of drug-likeness (QED) is 0.466. The fourth-order valence-electron chi connectivity index (χ4n) is 3.66. The van der Waals surface area contributed by atoms with Gasteiger partial charge >= 0.3 is 0 Å². The van der Waals surface area contributed by atoms with Gasteiger partial charge < -0.3 is 5.32 Å². The van der Waals surface area contributed by atoms with Crippen LogP contribution in [0.15, 0.2) is 29.6 Å². The van der Waals surface area contributed by atoms with Crippen molar-refractivity contribution in [3.8, 4) is 0 Å². The molecule has 1 amide bonds. The van der Waals surface area contributed by atoms with Crippen LogP contribution in [-0.2, 0) is 17.6 Å². The number of thioether (sulfide) groups is 1. The highest BCUT2D eigenvalue weighted by Crippen LogP contribution is 2.40. The molecular weight excluding hydrogens is 374 g/mol. The van der Waals surface area contributed by atoms with Crippen LogP contribution in [0, 0.1) is 6.92 Å². The van der Waals surface area contributed by atoms with E-state index in [4.69, 9.17) is 0 Å². The molecule has 3 aromatic rings. The maximum Gasteiger partial charge on any atom is 0.234 e. The highest BCUT2D eigenvalue weighted by molar-refractivity contribution is 8.00. The second kappa shape index (κ2) is 7.60. The number of anilines is 1. The van der Waals surface area contributed by atoms with Crippen LogP contribution < -0.4 is 5.32 Å². The number of carbonyl (C=O) groups is 1. The van der Waals surface area contributed by atoms with Gasteiger partial charge in [-0.2, -0.15) is 0 Å². The molecule has 2 aromatic heterocycles. The smallest absolute Gasteiger partial charge is 0.234 e. The number of benzene rings is 1. The normalized spacial score (nSPS) is 13.3. The Bertz CT molecular complexity index is 1010. The molecule has 1 aromatic carbocycles. The molecule has 0 atom stereocenters.